The summed E-state index contributed by atoms with van der Waals surface area (Å²) in [4.78, 5) is 35.0. The molecule has 2 aromatic carbocycles. The number of aryl methyl sites for hydroxylation is 2. The average Bonchev–Trinajstić information content (AvgIpc) is 3.35. The van der Waals surface area contributed by atoms with E-state index in [9.17, 15) is 27.9 Å². The van der Waals surface area contributed by atoms with Gasteiger partial charge in [-0.2, -0.15) is 18.3 Å². The number of piperidine rings is 3. The molecule has 1 aromatic heterocycles. The molecule has 10 nitrogen and oxygen atoms in total. The Hall–Kier alpha value is -4.23. The van der Waals surface area contributed by atoms with Crippen molar-refractivity contribution in [1.29, 1.82) is 0 Å². The lowest BCUT2D eigenvalue weighted by molar-refractivity contribution is -0.945. The molecule has 3 fully saturated rings. The number of aromatic nitrogens is 2. The maximum Gasteiger partial charge on any atom is 0.430 e. The lowest BCUT2D eigenvalue weighted by Gasteiger charge is -2.52. The molecule has 0 unspecified atom stereocenters. The summed E-state index contributed by atoms with van der Waals surface area (Å²) in [5.74, 6) is -3.54. The maximum atomic E-state index is 13.7. The van der Waals surface area contributed by atoms with Crippen LogP contribution in [0.1, 0.15) is 40.2 Å². The van der Waals surface area contributed by atoms with Crippen LogP contribution in [0.3, 0.4) is 0 Å². The first kappa shape index (κ1) is 32.7. The van der Waals surface area contributed by atoms with Crippen LogP contribution in [0.5, 0.6) is 0 Å². The van der Waals surface area contributed by atoms with E-state index in [4.69, 9.17) is 14.6 Å². The molecule has 1 amide bonds. The van der Waals surface area contributed by atoms with Crippen LogP contribution < -0.4 is 10.4 Å². The molecule has 236 valence electrons. The molecule has 3 aliphatic rings. The standard InChI is InChI=1S/C29H34N4O4.C2HF3O2/c1-21-19-25(31-32(21)2)27(34)30-15-18-33-16-13-22(14-17-33)26(20-33)37-28(35)29(36,23-9-5-3-6-10-23)24-11-7-4-8-12-24;3-2(4,5)1(6)7/h3-12,19,22,26,36H,13-18,20H2,1-2H3;(H,6,7)/t22?,26-,33?;/m0./s1. The number of rotatable bonds is 8. The fraction of sp³-hybridized carbons (Fsp3) is 0.419. The van der Waals surface area contributed by atoms with E-state index < -0.39 is 23.7 Å². The maximum absolute atomic E-state index is 13.7. The highest BCUT2D eigenvalue weighted by molar-refractivity contribution is 5.92. The molecular formula is C31H35F3N4O6. The van der Waals surface area contributed by atoms with Gasteiger partial charge in [-0.25, -0.2) is 4.79 Å². The molecule has 3 aromatic rings. The van der Waals surface area contributed by atoms with Crippen LogP contribution in [0, 0.1) is 12.8 Å². The predicted octanol–water partition coefficient (Wildman–Crippen LogP) is 1.85. The monoisotopic (exact) mass is 616 g/mol. The normalized spacial score (nSPS) is 21.1. The molecule has 44 heavy (non-hydrogen) atoms. The number of carbonyl (C=O) groups is 3. The van der Waals surface area contributed by atoms with Gasteiger partial charge in [-0.1, -0.05) is 60.7 Å². The van der Waals surface area contributed by atoms with Crippen molar-refractivity contribution < 1.29 is 47.0 Å². The second kappa shape index (κ2) is 13.2. The van der Waals surface area contributed by atoms with Crippen molar-refractivity contribution in [1.82, 2.24) is 15.1 Å². The van der Waals surface area contributed by atoms with E-state index in [-0.39, 0.29) is 17.9 Å². The van der Waals surface area contributed by atoms with E-state index in [1.807, 2.05) is 50.4 Å². The quantitative estimate of drug-likeness (QED) is 0.292. The third-order valence-electron chi connectivity index (χ3n) is 8.43. The van der Waals surface area contributed by atoms with E-state index in [1.54, 1.807) is 35.0 Å². The molecule has 0 saturated carbocycles. The Kier molecular flexibility index (Phi) is 9.79. The Balaban J connectivity index is 0.000000566. The fourth-order valence-corrected chi connectivity index (χ4v) is 5.82. The summed E-state index contributed by atoms with van der Waals surface area (Å²) in [6, 6.07) is 19.8. The molecule has 0 spiro atoms. The number of aliphatic hydroxyl groups is 1. The largest absolute Gasteiger partial charge is 0.542 e. The van der Waals surface area contributed by atoms with Crippen molar-refractivity contribution >= 4 is 17.8 Å². The number of carboxylic acids is 1. The number of amides is 1. The van der Waals surface area contributed by atoms with Crippen LogP contribution in [0.4, 0.5) is 13.2 Å². The minimum absolute atomic E-state index is 0.174. The van der Waals surface area contributed by atoms with Crippen LogP contribution in [0.15, 0.2) is 66.7 Å². The van der Waals surface area contributed by atoms with Gasteiger partial charge in [0.2, 0.25) is 5.60 Å². The number of fused-ring (bicyclic) bond motifs is 3. The number of ether oxygens (including phenoxy) is 1. The summed E-state index contributed by atoms with van der Waals surface area (Å²) < 4.78 is 40.2. The molecule has 6 rings (SSSR count). The topological polar surface area (TPSA) is 134 Å². The second-order valence-electron chi connectivity index (χ2n) is 11.3. The number of alkyl halides is 3. The first-order valence-corrected chi connectivity index (χ1v) is 14.2. The van der Waals surface area contributed by atoms with Crippen LogP contribution in [-0.2, 0) is 27.0 Å². The van der Waals surface area contributed by atoms with Crippen molar-refractivity contribution in [3.63, 3.8) is 0 Å². The van der Waals surface area contributed by atoms with Gasteiger partial charge in [0.25, 0.3) is 5.91 Å². The zero-order valence-electron chi connectivity index (χ0n) is 24.4. The lowest BCUT2D eigenvalue weighted by Crippen LogP contribution is -2.66. The summed E-state index contributed by atoms with van der Waals surface area (Å²) in [6.07, 6.45) is -3.55. The van der Waals surface area contributed by atoms with Crippen molar-refractivity contribution in [2.75, 3.05) is 32.7 Å². The number of carboxylic acid groups (broad SMARTS) is 1. The number of hydrogen-bond donors (Lipinski definition) is 2. The van der Waals surface area contributed by atoms with E-state index >= 15 is 0 Å². The zero-order valence-corrected chi connectivity index (χ0v) is 24.4. The third kappa shape index (κ3) is 7.28. The third-order valence-corrected chi connectivity index (χ3v) is 8.43. The molecule has 1 atom stereocenters. The van der Waals surface area contributed by atoms with E-state index in [0.717, 1.165) is 42.7 Å². The van der Waals surface area contributed by atoms with Gasteiger partial charge >= 0.3 is 12.1 Å². The average molecular weight is 617 g/mol. The number of aliphatic carboxylic acids is 1. The highest BCUT2D eigenvalue weighted by Crippen LogP contribution is 2.38. The van der Waals surface area contributed by atoms with Crippen LogP contribution in [0.25, 0.3) is 0 Å². The SMILES string of the molecule is Cc1cc(C(=O)NCC[N+]23CCC(CC2)[C@@H](OC(=O)C(O)(c2ccccc2)c2ccccc2)C3)nn1C.O=C([O-])C(F)(F)F. The van der Waals surface area contributed by atoms with Crippen molar-refractivity contribution in [3.8, 4) is 0 Å². The summed E-state index contributed by atoms with van der Waals surface area (Å²) in [5.41, 5.74) is 0.451. The highest BCUT2D eigenvalue weighted by Gasteiger charge is 2.50. The van der Waals surface area contributed by atoms with Gasteiger partial charge in [0.1, 0.15) is 18.2 Å². The smallest absolute Gasteiger partial charge is 0.430 e. The number of hydrogen-bond acceptors (Lipinski definition) is 7. The summed E-state index contributed by atoms with van der Waals surface area (Å²) in [6.45, 7) is 5.89. The van der Waals surface area contributed by atoms with Crippen molar-refractivity contribution in [3.05, 3.63) is 89.2 Å². The Bertz CT molecular complexity index is 1400. The molecule has 2 bridgehead atoms. The molecule has 4 heterocycles. The number of nitrogens with one attached hydrogen (secondary N) is 1. The minimum Gasteiger partial charge on any atom is -0.542 e. The number of halogens is 3. The number of nitrogens with zero attached hydrogens (tertiary/aromatic N) is 3. The summed E-state index contributed by atoms with van der Waals surface area (Å²) in [5, 5.41) is 27.8. The van der Waals surface area contributed by atoms with E-state index in [0.29, 0.717) is 29.9 Å². The molecule has 0 aliphatic carbocycles. The molecule has 3 saturated heterocycles. The lowest BCUT2D eigenvalue weighted by atomic mass is 9.82. The van der Waals surface area contributed by atoms with E-state index in [2.05, 4.69) is 10.4 Å². The van der Waals surface area contributed by atoms with Gasteiger partial charge in [-0.15, -0.1) is 0 Å². The van der Waals surface area contributed by atoms with Gasteiger partial charge in [-0.3, -0.25) is 9.48 Å². The van der Waals surface area contributed by atoms with Gasteiger partial charge < -0.3 is 29.5 Å². The molecular weight excluding hydrogens is 581 g/mol. The van der Waals surface area contributed by atoms with Gasteiger partial charge in [0.15, 0.2) is 6.10 Å². The van der Waals surface area contributed by atoms with Crippen LogP contribution in [-0.4, -0.2) is 82.2 Å². The Morgan fingerprint density at radius 2 is 1.57 bits per heavy atom. The number of benzene rings is 2. The Morgan fingerprint density at radius 3 is 2.02 bits per heavy atom. The zero-order chi connectivity index (χ0) is 32.1. The highest BCUT2D eigenvalue weighted by atomic mass is 19.4. The number of esters is 1. The predicted molar refractivity (Wildman–Crippen MR) is 150 cm³/mol. The van der Waals surface area contributed by atoms with Crippen molar-refractivity contribution in [2.45, 2.75) is 37.6 Å². The second-order valence-corrected chi connectivity index (χ2v) is 11.3. The first-order chi connectivity index (χ1) is 20.7. The van der Waals surface area contributed by atoms with E-state index in [1.165, 1.54) is 0 Å². The number of quaternary nitrogens is 1. The molecule has 13 heteroatoms. The van der Waals surface area contributed by atoms with Gasteiger partial charge in [0.05, 0.1) is 26.2 Å². The summed E-state index contributed by atoms with van der Waals surface area (Å²) >= 11 is 0. The first-order valence-electron chi connectivity index (χ1n) is 14.2. The summed E-state index contributed by atoms with van der Waals surface area (Å²) in [7, 11) is 1.82. The molecule has 2 N–H and O–H groups in total. The van der Waals surface area contributed by atoms with Crippen LogP contribution in [0.2, 0.25) is 0 Å². The minimum atomic E-state index is -5.19. The van der Waals surface area contributed by atoms with Gasteiger partial charge in [-0.05, 0) is 24.1 Å². The Labute approximate surface area is 252 Å². The molecule has 3 aliphatic heterocycles. The van der Waals surface area contributed by atoms with Crippen molar-refractivity contribution in [2.24, 2.45) is 13.0 Å². The Morgan fingerprint density at radius 1 is 1.05 bits per heavy atom. The number of carbonyl (C=O) groups excluding carboxylic acids is 3. The van der Waals surface area contributed by atoms with Crippen LogP contribution >= 0.6 is 0 Å². The fourth-order valence-electron chi connectivity index (χ4n) is 5.82. The van der Waals surface area contributed by atoms with Gasteiger partial charge in [0, 0.05) is 31.5 Å². The molecule has 0 radical (unpaired) electrons.